The van der Waals surface area contributed by atoms with Gasteiger partial charge in [-0.25, -0.2) is 0 Å². The van der Waals surface area contributed by atoms with Crippen molar-refractivity contribution in [1.82, 2.24) is 5.32 Å². The van der Waals surface area contributed by atoms with E-state index in [4.69, 9.17) is 9.47 Å². The predicted octanol–water partition coefficient (Wildman–Crippen LogP) is 3.89. The van der Waals surface area contributed by atoms with Crippen LogP contribution in [0.15, 0.2) is 0 Å². The Labute approximate surface area is 147 Å². The molecule has 2 aliphatic carbocycles. The summed E-state index contributed by atoms with van der Waals surface area (Å²) in [5, 5.41) is 3.15. The lowest BCUT2D eigenvalue weighted by molar-refractivity contribution is -0.133. The molecule has 1 N–H and O–H groups in total. The Hall–Kier alpha value is -0.610. The highest BCUT2D eigenvalue weighted by molar-refractivity contribution is 5.76. The monoisotopic (exact) mass is 337 g/mol. The fourth-order valence-corrected chi connectivity index (χ4v) is 5.35. The molecule has 4 atom stereocenters. The summed E-state index contributed by atoms with van der Waals surface area (Å²) in [6.45, 7) is 6.69. The Morgan fingerprint density at radius 1 is 1.17 bits per heavy atom. The van der Waals surface area contributed by atoms with Crippen LogP contribution in [-0.4, -0.2) is 32.0 Å². The van der Waals surface area contributed by atoms with Crippen molar-refractivity contribution < 1.29 is 14.3 Å². The molecular weight excluding hydrogens is 302 g/mol. The van der Waals surface area contributed by atoms with E-state index >= 15 is 0 Å². The third-order valence-electron chi connectivity index (χ3n) is 6.59. The van der Waals surface area contributed by atoms with E-state index in [0.717, 1.165) is 50.5 Å². The Morgan fingerprint density at radius 3 is 2.58 bits per heavy atom. The van der Waals surface area contributed by atoms with Crippen LogP contribution in [0, 0.1) is 23.2 Å². The molecule has 2 bridgehead atoms. The molecule has 1 saturated heterocycles. The molecule has 0 aromatic rings. The number of amides is 1. The minimum absolute atomic E-state index is 0.0674. The van der Waals surface area contributed by atoms with E-state index < -0.39 is 0 Å². The standard InChI is InChI=1S/C20H35NO3/c1-3-7-20(2,19-23-10-11-24-19)8-4-9-21-18(22)14-17-13-15-5-6-16(17)12-15/h15-17,19H,3-14H2,1-2H3,(H,21,22)/t15-,16-,17+,20-/m0/s1. The van der Waals surface area contributed by atoms with Crippen LogP contribution in [-0.2, 0) is 14.3 Å². The second-order valence-corrected chi connectivity index (χ2v) is 8.57. The van der Waals surface area contributed by atoms with Gasteiger partial charge in [0.2, 0.25) is 5.91 Å². The molecule has 0 aromatic carbocycles. The van der Waals surface area contributed by atoms with Gasteiger partial charge in [-0.05, 0) is 56.3 Å². The van der Waals surface area contributed by atoms with Gasteiger partial charge < -0.3 is 14.8 Å². The van der Waals surface area contributed by atoms with Crippen molar-refractivity contribution >= 4 is 5.91 Å². The number of hydrogen-bond acceptors (Lipinski definition) is 3. The molecule has 2 saturated carbocycles. The molecule has 4 nitrogen and oxygen atoms in total. The SMILES string of the molecule is CCC[C@@](C)(CCCNC(=O)C[C@H]1C[C@H]2CC[C@H]1C2)C1OCCO1. The van der Waals surface area contributed by atoms with Gasteiger partial charge in [0, 0.05) is 18.4 Å². The van der Waals surface area contributed by atoms with E-state index in [1.165, 1.54) is 25.7 Å². The van der Waals surface area contributed by atoms with Crippen molar-refractivity contribution in [3.05, 3.63) is 0 Å². The van der Waals surface area contributed by atoms with Crippen molar-refractivity contribution in [3.8, 4) is 0 Å². The highest BCUT2D eigenvalue weighted by Gasteiger charge is 2.40. The summed E-state index contributed by atoms with van der Waals surface area (Å²) in [7, 11) is 0. The van der Waals surface area contributed by atoms with Gasteiger partial charge in [-0.1, -0.05) is 26.7 Å². The summed E-state index contributed by atoms with van der Waals surface area (Å²) in [5.41, 5.74) is 0.0700. The maximum absolute atomic E-state index is 12.2. The number of rotatable bonds is 9. The zero-order valence-electron chi connectivity index (χ0n) is 15.5. The van der Waals surface area contributed by atoms with Crippen LogP contribution in [0.25, 0.3) is 0 Å². The molecule has 3 aliphatic rings. The lowest BCUT2D eigenvalue weighted by Gasteiger charge is -2.34. The van der Waals surface area contributed by atoms with Gasteiger partial charge in [0.25, 0.3) is 0 Å². The van der Waals surface area contributed by atoms with Crippen LogP contribution in [0.5, 0.6) is 0 Å². The number of fused-ring (bicyclic) bond motifs is 2. The average Bonchev–Trinajstić information content (AvgIpc) is 3.29. The molecule has 1 aliphatic heterocycles. The van der Waals surface area contributed by atoms with Crippen molar-refractivity contribution in [3.63, 3.8) is 0 Å². The van der Waals surface area contributed by atoms with E-state index in [9.17, 15) is 4.79 Å². The molecule has 4 heteroatoms. The number of carbonyl (C=O) groups is 1. The molecular formula is C20H35NO3. The van der Waals surface area contributed by atoms with Crippen molar-refractivity contribution in [1.29, 1.82) is 0 Å². The topological polar surface area (TPSA) is 47.6 Å². The molecule has 0 radical (unpaired) electrons. The quantitative estimate of drug-likeness (QED) is 0.649. The maximum Gasteiger partial charge on any atom is 0.220 e. The number of nitrogens with one attached hydrogen (secondary N) is 1. The minimum atomic E-state index is -0.0674. The first-order valence-electron chi connectivity index (χ1n) is 10.1. The Morgan fingerprint density at radius 2 is 1.96 bits per heavy atom. The summed E-state index contributed by atoms with van der Waals surface area (Å²) in [6.07, 6.45) is 10.4. The normalized spacial score (nSPS) is 32.2. The third-order valence-corrected chi connectivity index (χ3v) is 6.59. The summed E-state index contributed by atoms with van der Waals surface area (Å²) in [4.78, 5) is 12.2. The minimum Gasteiger partial charge on any atom is -0.356 e. The van der Waals surface area contributed by atoms with Gasteiger partial charge in [-0.15, -0.1) is 0 Å². The summed E-state index contributed by atoms with van der Waals surface area (Å²) in [6, 6.07) is 0. The smallest absolute Gasteiger partial charge is 0.220 e. The van der Waals surface area contributed by atoms with Crippen molar-refractivity contribution in [2.24, 2.45) is 23.2 Å². The number of hydrogen-bond donors (Lipinski definition) is 1. The van der Waals surface area contributed by atoms with Gasteiger partial charge in [0.05, 0.1) is 13.2 Å². The number of carbonyl (C=O) groups excluding carboxylic acids is 1. The van der Waals surface area contributed by atoms with Gasteiger partial charge in [0.1, 0.15) is 0 Å². The fraction of sp³-hybridized carbons (Fsp3) is 0.950. The fourth-order valence-electron chi connectivity index (χ4n) is 5.35. The molecule has 138 valence electrons. The molecule has 1 heterocycles. The van der Waals surface area contributed by atoms with Crippen LogP contribution < -0.4 is 5.32 Å². The van der Waals surface area contributed by atoms with E-state index in [1.54, 1.807) is 0 Å². The van der Waals surface area contributed by atoms with Crippen molar-refractivity contribution in [2.45, 2.75) is 77.9 Å². The second kappa shape index (κ2) is 8.18. The van der Waals surface area contributed by atoms with Gasteiger partial charge in [-0.2, -0.15) is 0 Å². The van der Waals surface area contributed by atoms with E-state index in [1.807, 2.05) is 0 Å². The Bertz CT molecular complexity index is 421. The molecule has 3 fully saturated rings. The van der Waals surface area contributed by atoms with E-state index in [-0.39, 0.29) is 17.6 Å². The Balaban J connectivity index is 1.35. The molecule has 24 heavy (non-hydrogen) atoms. The van der Waals surface area contributed by atoms with Gasteiger partial charge in [0.15, 0.2) is 6.29 Å². The number of ether oxygens (including phenoxy) is 2. The molecule has 0 unspecified atom stereocenters. The second-order valence-electron chi connectivity index (χ2n) is 8.57. The third kappa shape index (κ3) is 4.32. The van der Waals surface area contributed by atoms with E-state index in [2.05, 4.69) is 19.2 Å². The molecule has 0 spiro atoms. The van der Waals surface area contributed by atoms with Gasteiger partial charge in [-0.3, -0.25) is 4.79 Å². The highest BCUT2D eigenvalue weighted by Crippen LogP contribution is 2.49. The van der Waals surface area contributed by atoms with Crippen LogP contribution in [0.4, 0.5) is 0 Å². The summed E-state index contributed by atoms with van der Waals surface area (Å²) >= 11 is 0. The zero-order valence-corrected chi connectivity index (χ0v) is 15.5. The van der Waals surface area contributed by atoms with E-state index in [0.29, 0.717) is 19.1 Å². The van der Waals surface area contributed by atoms with Crippen LogP contribution >= 0.6 is 0 Å². The average molecular weight is 338 g/mol. The summed E-state index contributed by atoms with van der Waals surface area (Å²) < 4.78 is 11.5. The first kappa shape index (κ1) is 18.2. The van der Waals surface area contributed by atoms with Crippen LogP contribution in [0.2, 0.25) is 0 Å². The van der Waals surface area contributed by atoms with Crippen LogP contribution in [0.1, 0.15) is 71.6 Å². The molecule has 0 aromatic heterocycles. The van der Waals surface area contributed by atoms with Crippen LogP contribution in [0.3, 0.4) is 0 Å². The predicted molar refractivity (Wildman–Crippen MR) is 94.5 cm³/mol. The first-order valence-corrected chi connectivity index (χ1v) is 10.1. The lowest BCUT2D eigenvalue weighted by Crippen LogP contribution is -2.35. The zero-order chi connectivity index (χ0) is 17.0. The van der Waals surface area contributed by atoms with Crippen molar-refractivity contribution in [2.75, 3.05) is 19.8 Å². The molecule has 1 amide bonds. The first-order chi connectivity index (χ1) is 11.6. The highest BCUT2D eigenvalue weighted by atomic mass is 16.7. The summed E-state index contributed by atoms with van der Waals surface area (Å²) in [5.74, 6) is 2.69. The Kier molecular flexibility index (Phi) is 6.20. The molecule has 3 rings (SSSR count). The lowest BCUT2D eigenvalue weighted by atomic mass is 9.80. The largest absolute Gasteiger partial charge is 0.356 e. The van der Waals surface area contributed by atoms with Gasteiger partial charge >= 0.3 is 0 Å². The maximum atomic E-state index is 12.2.